The van der Waals surface area contributed by atoms with E-state index in [0.717, 1.165) is 42.9 Å². The van der Waals surface area contributed by atoms with Crippen molar-refractivity contribution in [2.24, 2.45) is 5.73 Å². The fourth-order valence-corrected chi connectivity index (χ4v) is 2.68. The van der Waals surface area contributed by atoms with Gasteiger partial charge in [-0.25, -0.2) is 0 Å². The van der Waals surface area contributed by atoms with Gasteiger partial charge in [-0.05, 0) is 30.5 Å². The zero-order valence-electron chi connectivity index (χ0n) is 12.1. The molecule has 0 amide bonds. The number of para-hydroxylation sites is 2. The number of hydrogen-bond donors (Lipinski definition) is 1. The molecule has 1 aliphatic rings. The van der Waals surface area contributed by atoms with Crippen molar-refractivity contribution in [3.05, 3.63) is 59.7 Å². The van der Waals surface area contributed by atoms with E-state index in [1.807, 2.05) is 30.3 Å². The number of fused-ring (bicyclic) bond motifs is 1. The number of nitrogens with two attached hydrogens (primary N) is 1. The second-order valence-electron chi connectivity index (χ2n) is 5.34. The summed E-state index contributed by atoms with van der Waals surface area (Å²) >= 11 is 0. The maximum Gasteiger partial charge on any atom is 0.127 e. The van der Waals surface area contributed by atoms with Crippen LogP contribution in [0.15, 0.2) is 48.5 Å². The highest BCUT2D eigenvalue weighted by molar-refractivity contribution is 5.44. The van der Waals surface area contributed by atoms with E-state index < -0.39 is 0 Å². The minimum Gasteiger partial charge on any atom is -0.494 e. The molecule has 1 unspecified atom stereocenters. The van der Waals surface area contributed by atoms with Crippen LogP contribution >= 0.6 is 0 Å². The third kappa shape index (κ3) is 3.37. The molecule has 0 spiro atoms. The summed E-state index contributed by atoms with van der Waals surface area (Å²) in [6, 6.07) is 16.0. The van der Waals surface area contributed by atoms with E-state index in [1.165, 1.54) is 5.56 Å². The third-order valence-corrected chi connectivity index (χ3v) is 3.80. The van der Waals surface area contributed by atoms with Crippen molar-refractivity contribution in [2.75, 3.05) is 13.2 Å². The zero-order valence-corrected chi connectivity index (χ0v) is 12.1. The van der Waals surface area contributed by atoms with Gasteiger partial charge >= 0.3 is 0 Å². The van der Waals surface area contributed by atoms with E-state index in [0.29, 0.717) is 6.61 Å². The second-order valence-corrected chi connectivity index (χ2v) is 5.34. The normalized spacial score (nSPS) is 14.9. The minimum atomic E-state index is -0.0539. The largest absolute Gasteiger partial charge is 0.494 e. The Morgan fingerprint density at radius 2 is 1.95 bits per heavy atom. The van der Waals surface area contributed by atoms with E-state index in [2.05, 4.69) is 18.2 Å². The fourth-order valence-electron chi connectivity index (χ4n) is 2.68. The molecule has 2 aromatic rings. The van der Waals surface area contributed by atoms with E-state index in [4.69, 9.17) is 15.2 Å². The summed E-state index contributed by atoms with van der Waals surface area (Å²) in [5, 5.41) is 0. The van der Waals surface area contributed by atoms with Crippen molar-refractivity contribution >= 4 is 0 Å². The summed E-state index contributed by atoms with van der Waals surface area (Å²) < 4.78 is 11.5. The molecule has 0 saturated heterocycles. The number of hydrogen-bond acceptors (Lipinski definition) is 3. The molecule has 3 heteroatoms. The Labute approximate surface area is 125 Å². The lowest BCUT2D eigenvalue weighted by Gasteiger charge is -2.23. The van der Waals surface area contributed by atoms with Crippen LogP contribution < -0.4 is 15.2 Å². The Kier molecular flexibility index (Phi) is 4.41. The minimum absolute atomic E-state index is 0.0539. The topological polar surface area (TPSA) is 44.5 Å². The first-order chi connectivity index (χ1) is 10.3. The van der Waals surface area contributed by atoms with Crippen LogP contribution in [0.1, 0.15) is 30.0 Å². The average Bonchev–Trinajstić information content (AvgIpc) is 2.55. The summed E-state index contributed by atoms with van der Waals surface area (Å²) in [6.07, 6.45) is 2.94. The first-order valence-corrected chi connectivity index (χ1v) is 7.52. The Hall–Kier alpha value is -2.00. The SMILES string of the molecule is NC(CCOc1ccccc1)c1cccc2c1OCCC2. The maximum atomic E-state index is 6.32. The molecule has 0 fully saturated rings. The summed E-state index contributed by atoms with van der Waals surface area (Å²) in [6.45, 7) is 1.39. The van der Waals surface area contributed by atoms with Crippen LogP contribution in [0.25, 0.3) is 0 Å². The van der Waals surface area contributed by atoms with Gasteiger partial charge in [-0.3, -0.25) is 0 Å². The summed E-state index contributed by atoms with van der Waals surface area (Å²) in [7, 11) is 0. The van der Waals surface area contributed by atoms with E-state index in [1.54, 1.807) is 0 Å². The lowest BCUT2D eigenvalue weighted by atomic mass is 9.97. The summed E-state index contributed by atoms with van der Waals surface area (Å²) in [5.41, 5.74) is 8.70. The fraction of sp³-hybridized carbons (Fsp3) is 0.333. The van der Waals surface area contributed by atoms with E-state index in [9.17, 15) is 0 Å². The van der Waals surface area contributed by atoms with Crippen LogP contribution in [-0.2, 0) is 6.42 Å². The van der Waals surface area contributed by atoms with Gasteiger partial charge in [0.15, 0.2) is 0 Å². The Balaban J connectivity index is 1.62. The van der Waals surface area contributed by atoms with Gasteiger partial charge in [0.05, 0.1) is 13.2 Å². The van der Waals surface area contributed by atoms with Gasteiger partial charge in [-0.15, -0.1) is 0 Å². The molecule has 1 aliphatic heterocycles. The standard InChI is InChI=1S/C18H21NO2/c19-17(11-13-20-15-8-2-1-3-9-15)16-10-4-6-14-7-5-12-21-18(14)16/h1-4,6,8-10,17H,5,7,11-13,19H2. The average molecular weight is 283 g/mol. The molecule has 1 heterocycles. The predicted molar refractivity (Wildman–Crippen MR) is 83.7 cm³/mol. The van der Waals surface area contributed by atoms with Gasteiger partial charge in [-0.2, -0.15) is 0 Å². The van der Waals surface area contributed by atoms with Crippen molar-refractivity contribution in [1.82, 2.24) is 0 Å². The Morgan fingerprint density at radius 1 is 1.10 bits per heavy atom. The number of benzene rings is 2. The number of aryl methyl sites for hydroxylation is 1. The van der Waals surface area contributed by atoms with E-state index >= 15 is 0 Å². The Morgan fingerprint density at radius 3 is 2.81 bits per heavy atom. The zero-order chi connectivity index (χ0) is 14.5. The van der Waals surface area contributed by atoms with Gasteiger partial charge < -0.3 is 15.2 Å². The lowest BCUT2D eigenvalue weighted by Crippen LogP contribution is -2.18. The molecule has 0 aromatic heterocycles. The molecule has 0 bridgehead atoms. The first-order valence-electron chi connectivity index (χ1n) is 7.52. The molecular formula is C18H21NO2. The molecule has 110 valence electrons. The highest BCUT2D eigenvalue weighted by Crippen LogP contribution is 2.33. The van der Waals surface area contributed by atoms with Crippen LogP contribution in [0.3, 0.4) is 0 Å². The van der Waals surface area contributed by atoms with Crippen LogP contribution in [-0.4, -0.2) is 13.2 Å². The van der Waals surface area contributed by atoms with Gasteiger partial charge in [-0.1, -0.05) is 36.4 Å². The highest BCUT2D eigenvalue weighted by atomic mass is 16.5. The quantitative estimate of drug-likeness (QED) is 0.913. The molecule has 3 rings (SSSR count). The van der Waals surface area contributed by atoms with Crippen molar-refractivity contribution in [3.8, 4) is 11.5 Å². The lowest BCUT2D eigenvalue weighted by molar-refractivity contribution is 0.275. The molecular weight excluding hydrogens is 262 g/mol. The third-order valence-electron chi connectivity index (χ3n) is 3.80. The van der Waals surface area contributed by atoms with Crippen molar-refractivity contribution in [2.45, 2.75) is 25.3 Å². The van der Waals surface area contributed by atoms with Crippen molar-refractivity contribution in [3.63, 3.8) is 0 Å². The number of rotatable bonds is 5. The predicted octanol–water partition coefficient (Wildman–Crippen LogP) is 3.48. The molecule has 2 N–H and O–H groups in total. The molecule has 0 saturated carbocycles. The molecule has 1 atom stereocenters. The molecule has 0 radical (unpaired) electrons. The van der Waals surface area contributed by atoms with Gasteiger partial charge in [0, 0.05) is 18.0 Å². The van der Waals surface area contributed by atoms with Crippen LogP contribution in [0.4, 0.5) is 0 Å². The summed E-state index contributed by atoms with van der Waals surface area (Å²) in [4.78, 5) is 0. The summed E-state index contributed by atoms with van der Waals surface area (Å²) in [5.74, 6) is 1.88. The van der Waals surface area contributed by atoms with Gasteiger partial charge in [0.25, 0.3) is 0 Å². The second kappa shape index (κ2) is 6.64. The molecule has 2 aromatic carbocycles. The van der Waals surface area contributed by atoms with Gasteiger partial charge in [0.2, 0.25) is 0 Å². The molecule has 3 nitrogen and oxygen atoms in total. The van der Waals surface area contributed by atoms with E-state index in [-0.39, 0.29) is 6.04 Å². The molecule has 0 aliphatic carbocycles. The van der Waals surface area contributed by atoms with Crippen LogP contribution in [0.5, 0.6) is 11.5 Å². The van der Waals surface area contributed by atoms with Crippen LogP contribution in [0, 0.1) is 0 Å². The highest BCUT2D eigenvalue weighted by Gasteiger charge is 2.18. The smallest absolute Gasteiger partial charge is 0.127 e. The monoisotopic (exact) mass is 283 g/mol. The Bertz CT molecular complexity index is 583. The van der Waals surface area contributed by atoms with Gasteiger partial charge in [0.1, 0.15) is 11.5 Å². The maximum absolute atomic E-state index is 6.32. The van der Waals surface area contributed by atoms with Crippen molar-refractivity contribution in [1.29, 1.82) is 0 Å². The van der Waals surface area contributed by atoms with Crippen LogP contribution in [0.2, 0.25) is 0 Å². The molecule has 21 heavy (non-hydrogen) atoms. The van der Waals surface area contributed by atoms with Crippen molar-refractivity contribution < 1.29 is 9.47 Å². The first kappa shape index (κ1) is 14.0. The number of ether oxygens (including phenoxy) is 2.